The highest BCUT2D eigenvalue weighted by Crippen LogP contribution is 2.18. The van der Waals surface area contributed by atoms with E-state index < -0.39 is 32.1 Å². The zero-order valence-corrected chi connectivity index (χ0v) is 19.8. The number of nitrogens with zero attached hydrogens (tertiary/aromatic N) is 2. The van der Waals surface area contributed by atoms with Crippen molar-refractivity contribution in [1.29, 1.82) is 0 Å². The molecule has 180 valence electrons. The Morgan fingerprint density at radius 3 is 2.15 bits per heavy atom. The molecule has 10 nitrogen and oxygen atoms in total. The van der Waals surface area contributed by atoms with Crippen molar-refractivity contribution in [2.24, 2.45) is 0 Å². The zero-order valence-electron chi connectivity index (χ0n) is 18.1. The van der Waals surface area contributed by atoms with Crippen molar-refractivity contribution in [2.75, 3.05) is 39.0 Å². The fourth-order valence-electron chi connectivity index (χ4n) is 3.45. The van der Waals surface area contributed by atoms with Gasteiger partial charge in [-0.25, -0.2) is 21.6 Å². The minimum absolute atomic E-state index is 0.0133. The fourth-order valence-corrected chi connectivity index (χ4v) is 5.31. The number of rotatable bonds is 10. The van der Waals surface area contributed by atoms with Crippen molar-refractivity contribution in [1.82, 2.24) is 13.9 Å². The number of sulfonamides is 2. The maximum atomic E-state index is 12.7. The molecule has 1 saturated heterocycles. The Morgan fingerprint density at radius 1 is 1.00 bits per heavy atom. The van der Waals surface area contributed by atoms with Gasteiger partial charge in [0.25, 0.3) is 0 Å². The van der Waals surface area contributed by atoms with Crippen molar-refractivity contribution < 1.29 is 31.5 Å². The molecule has 0 aliphatic carbocycles. The monoisotopic (exact) mass is 497 g/mol. The van der Waals surface area contributed by atoms with Crippen LogP contribution in [-0.4, -0.2) is 82.1 Å². The third kappa shape index (κ3) is 6.98. The van der Waals surface area contributed by atoms with E-state index in [9.17, 15) is 26.7 Å². The molecule has 0 amide bonds. The molecule has 2 aromatic rings. The number of carbonyl (C=O) groups is 1. The Balaban J connectivity index is 1.58. The van der Waals surface area contributed by atoms with Crippen molar-refractivity contribution in [2.45, 2.75) is 17.5 Å². The van der Waals surface area contributed by atoms with Crippen molar-refractivity contribution in [3.05, 3.63) is 60.2 Å². The Bertz CT molecular complexity index is 1150. The molecule has 2 aromatic carbocycles. The molecule has 0 radical (unpaired) electrons. The van der Waals surface area contributed by atoms with Gasteiger partial charge in [-0.15, -0.1) is 0 Å². The van der Waals surface area contributed by atoms with Gasteiger partial charge in [0.15, 0.2) is 0 Å². The van der Waals surface area contributed by atoms with Crippen LogP contribution in [-0.2, 0) is 31.4 Å². The quantitative estimate of drug-likeness (QED) is 0.487. The highest BCUT2D eigenvalue weighted by atomic mass is 32.2. The molecule has 12 heteroatoms. The second-order valence-corrected chi connectivity index (χ2v) is 11.4. The standard InChI is InChI=1S/C21H27N3O7S2/c1-32(27,28)24-13-11-23(12-14-24)20(21(25)26)15-22-33(29,30)19-9-7-18(8-10-19)31-16-17-5-3-2-4-6-17/h2-10,20,22H,11-16H2,1H3,(H,25,26)/t20-/m1/s1. The molecule has 1 heterocycles. The minimum Gasteiger partial charge on any atom is -0.489 e. The Morgan fingerprint density at radius 2 is 1.61 bits per heavy atom. The van der Waals surface area contributed by atoms with Crippen LogP contribution < -0.4 is 9.46 Å². The number of nitrogens with one attached hydrogen (secondary N) is 1. The lowest BCUT2D eigenvalue weighted by atomic mass is 10.2. The van der Waals surface area contributed by atoms with Crippen LogP contribution in [0.4, 0.5) is 0 Å². The number of ether oxygens (including phenoxy) is 1. The maximum Gasteiger partial charge on any atom is 0.322 e. The van der Waals surface area contributed by atoms with E-state index >= 15 is 0 Å². The lowest BCUT2D eigenvalue weighted by Crippen LogP contribution is -2.56. The van der Waals surface area contributed by atoms with Crippen LogP contribution in [0.2, 0.25) is 0 Å². The zero-order chi connectivity index (χ0) is 24.1. The summed E-state index contributed by atoms with van der Waals surface area (Å²) in [4.78, 5) is 13.3. The van der Waals surface area contributed by atoms with Crippen LogP contribution in [0, 0.1) is 0 Å². The minimum atomic E-state index is -3.95. The van der Waals surface area contributed by atoms with E-state index in [4.69, 9.17) is 4.74 Å². The van der Waals surface area contributed by atoms with Crippen LogP contribution in [0.25, 0.3) is 0 Å². The second kappa shape index (κ2) is 10.6. The highest BCUT2D eigenvalue weighted by molar-refractivity contribution is 7.89. The van der Waals surface area contributed by atoms with Crippen molar-refractivity contribution >= 4 is 26.0 Å². The molecule has 0 aromatic heterocycles. The van der Waals surface area contributed by atoms with E-state index in [2.05, 4.69) is 4.72 Å². The number of hydrogen-bond donors (Lipinski definition) is 2. The smallest absolute Gasteiger partial charge is 0.322 e. The van der Waals surface area contributed by atoms with E-state index in [1.165, 1.54) is 28.6 Å². The normalized spacial score (nSPS) is 16.9. The number of benzene rings is 2. The Hall–Kier alpha value is -2.51. The SMILES string of the molecule is CS(=O)(=O)N1CCN([C@H](CNS(=O)(=O)c2ccc(OCc3ccccc3)cc2)C(=O)O)CC1. The van der Waals surface area contributed by atoms with Crippen LogP contribution in [0.5, 0.6) is 5.75 Å². The van der Waals surface area contributed by atoms with Gasteiger partial charge in [0, 0.05) is 32.7 Å². The van der Waals surface area contributed by atoms with Gasteiger partial charge >= 0.3 is 5.97 Å². The first-order chi connectivity index (χ1) is 15.6. The number of carboxylic acid groups (broad SMARTS) is 1. The van der Waals surface area contributed by atoms with E-state index in [1.54, 1.807) is 4.90 Å². The van der Waals surface area contributed by atoms with Gasteiger partial charge in [0.05, 0.1) is 11.2 Å². The number of aliphatic carboxylic acids is 1. The van der Waals surface area contributed by atoms with Gasteiger partial charge in [-0.1, -0.05) is 30.3 Å². The van der Waals surface area contributed by atoms with Crippen molar-refractivity contribution in [3.63, 3.8) is 0 Å². The third-order valence-corrected chi connectivity index (χ3v) is 8.06. The average molecular weight is 498 g/mol. The largest absolute Gasteiger partial charge is 0.489 e. The molecule has 1 atom stereocenters. The second-order valence-electron chi connectivity index (χ2n) is 7.65. The third-order valence-electron chi connectivity index (χ3n) is 5.32. The van der Waals surface area contributed by atoms with E-state index in [0.717, 1.165) is 11.8 Å². The summed E-state index contributed by atoms with van der Waals surface area (Å²) in [6.45, 7) is 0.693. The van der Waals surface area contributed by atoms with Gasteiger partial charge < -0.3 is 9.84 Å². The molecule has 0 bridgehead atoms. The molecular weight excluding hydrogens is 470 g/mol. The summed E-state index contributed by atoms with van der Waals surface area (Å²) in [7, 11) is -7.30. The first kappa shape index (κ1) is 25.1. The van der Waals surface area contributed by atoms with Gasteiger partial charge in [-0.05, 0) is 29.8 Å². The molecule has 33 heavy (non-hydrogen) atoms. The van der Waals surface area contributed by atoms with Gasteiger partial charge in [-0.2, -0.15) is 4.31 Å². The molecule has 2 N–H and O–H groups in total. The Labute approximate surface area is 193 Å². The topological polar surface area (TPSA) is 133 Å². The lowest BCUT2D eigenvalue weighted by Gasteiger charge is -2.36. The highest BCUT2D eigenvalue weighted by Gasteiger charge is 2.32. The van der Waals surface area contributed by atoms with Crippen LogP contribution >= 0.6 is 0 Å². The summed E-state index contributed by atoms with van der Waals surface area (Å²) in [6.07, 6.45) is 1.10. The van der Waals surface area contributed by atoms with Crippen LogP contribution in [0.3, 0.4) is 0 Å². The van der Waals surface area contributed by atoms with Gasteiger partial charge in [0.1, 0.15) is 18.4 Å². The molecule has 0 saturated carbocycles. The van der Waals surface area contributed by atoms with Crippen molar-refractivity contribution in [3.8, 4) is 5.75 Å². The number of hydrogen-bond acceptors (Lipinski definition) is 7. The summed E-state index contributed by atoms with van der Waals surface area (Å²) >= 11 is 0. The molecule has 1 fully saturated rings. The van der Waals surface area contributed by atoms with E-state index in [1.807, 2.05) is 30.3 Å². The summed E-state index contributed by atoms with van der Waals surface area (Å²) in [5.74, 6) is -0.680. The predicted octanol–water partition coefficient (Wildman–Crippen LogP) is 0.574. The van der Waals surface area contributed by atoms with E-state index in [-0.39, 0.29) is 37.6 Å². The molecule has 0 unspecified atom stereocenters. The van der Waals surface area contributed by atoms with Crippen LogP contribution in [0.1, 0.15) is 5.56 Å². The lowest BCUT2D eigenvalue weighted by molar-refractivity contribution is -0.143. The fraction of sp³-hybridized carbons (Fsp3) is 0.381. The average Bonchev–Trinajstić information content (AvgIpc) is 2.78. The summed E-state index contributed by atoms with van der Waals surface area (Å²) in [5, 5.41) is 9.58. The summed E-state index contributed by atoms with van der Waals surface area (Å²) in [6, 6.07) is 14.3. The number of carboxylic acids is 1. The first-order valence-electron chi connectivity index (χ1n) is 10.2. The molecule has 3 rings (SSSR count). The molecule has 1 aliphatic rings. The van der Waals surface area contributed by atoms with Gasteiger partial charge in [-0.3, -0.25) is 9.69 Å². The molecule has 0 spiro atoms. The first-order valence-corrected chi connectivity index (χ1v) is 13.6. The Kier molecular flexibility index (Phi) is 8.08. The summed E-state index contributed by atoms with van der Waals surface area (Å²) in [5.41, 5.74) is 0.980. The number of piperazine rings is 1. The summed E-state index contributed by atoms with van der Waals surface area (Å²) < 4.78 is 57.9. The molecule has 1 aliphatic heterocycles. The molecular formula is C21H27N3O7S2. The predicted molar refractivity (Wildman–Crippen MR) is 122 cm³/mol. The van der Waals surface area contributed by atoms with Gasteiger partial charge in [0.2, 0.25) is 20.0 Å². The maximum absolute atomic E-state index is 12.7. The van der Waals surface area contributed by atoms with Crippen LogP contribution in [0.15, 0.2) is 59.5 Å². The van der Waals surface area contributed by atoms with E-state index in [0.29, 0.717) is 12.4 Å².